The molecule has 0 spiro atoms. The van der Waals surface area contributed by atoms with Crippen LogP contribution in [0.25, 0.3) is 6.08 Å². The summed E-state index contributed by atoms with van der Waals surface area (Å²) in [5.41, 5.74) is 1.98. The summed E-state index contributed by atoms with van der Waals surface area (Å²) in [6.07, 6.45) is 2.83. The van der Waals surface area contributed by atoms with E-state index in [2.05, 4.69) is 0 Å². The molecule has 0 unspecified atom stereocenters. The van der Waals surface area contributed by atoms with Gasteiger partial charge in [0.2, 0.25) is 0 Å². The molecule has 0 aliphatic carbocycles. The molecular weight excluding hydrogens is 260 g/mol. The quantitative estimate of drug-likeness (QED) is 0.634. The van der Waals surface area contributed by atoms with E-state index in [0.717, 1.165) is 11.1 Å². The topological polar surface area (TPSA) is 43.4 Å². The van der Waals surface area contributed by atoms with Gasteiger partial charge in [-0.1, -0.05) is 42.5 Å². The smallest absolute Gasteiger partial charge is 0.338 e. The van der Waals surface area contributed by atoms with Gasteiger partial charge >= 0.3 is 10.1 Å². The molecule has 0 N–H and O–H groups in total. The van der Waals surface area contributed by atoms with Crippen molar-refractivity contribution in [2.24, 2.45) is 0 Å². The van der Waals surface area contributed by atoms with Crippen LogP contribution in [0.3, 0.4) is 0 Å². The lowest BCUT2D eigenvalue weighted by atomic mass is 10.1. The van der Waals surface area contributed by atoms with Gasteiger partial charge < -0.3 is 4.18 Å². The monoisotopic (exact) mass is 274 g/mol. The molecule has 0 heterocycles. The Morgan fingerprint density at radius 1 is 0.947 bits per heavy atom. The van der Waals surface area contributed by atoms with Crippen molar-refractivity contribution in [1.29, 1.82) is 0 Å². The average Bonchev–Trinajstić information content (AvgIpc) is 2.42. The van der Waals surface area contributed by atoms with Crippen LogP contribution < -0.4 is 0 Å². The van der Waals surface area contributed by atoms with Crippen molar-refractivity contribution in [1.82, 2.24) is 0 Å². The van der Waals surface area contributed by atoms with E-state index in [-0.39, 0.29) is 4.90 Å². The van der Waals surface area contributed by atoms with Gasteiger partial charge in [0, 0.05) is 0 Å². The van der Waals surface area contributed by atoms with E-state index in [9.17, 15) is 8.42 Å². The van der Waals surface area contributed by atoms with Gasteiger partial charge in [0.05, 0.1) is 0 Å². The number of hydrogen-bond donors (Lipinski definition) is 0. The van der Waals surface area contributed by atoms with Gasteiger partial charge in [0.1, 0.15) is 11.2 Å². The molecule has 0 amide bonds. The minimum absolute atomic E-state index is 0.143. The molecule has 0 saturated carbocycles. The minimum Gasteiger partial charge on any atom is -0.387 e. The van der Waals surface area contributed by atoms with E-state index in [1.165, 1.54) is 18.4 Å². The lowest BCUT2D eigenvalue weighted by Crippen LogP contribution is -2.01. The summed E-state index contributed by atoms with van der Waals surface area (Å²) in [4.78, 5) is 0.143. The molecule has 4 heteroatoms. The van der Waals surface area contributed by atoms with Gasteiger partial charge in [-0.2, -0.15) is 8.42 Å². The van der Waals surface area contributed by atoms with E-state index in [0.29, 0.717) is 0 Å². The summed E-state index contributed by atoms with van der Waals surface area (Å²) in [5, 5.41) is 0. The molecule has 0 saturated heterocycles. The Kier molecular flexibility index (Phi) is 4.02. The summed E-state index contributed by atoms with van der Waals surface area (Å²) < 4.78 is 28.5. The Hall–Kier alpha value is -2.07. The van der Waals surface area contributed by atoms with Crippen LogP contribution in [-0.4, -0.2) is 8.42 Å². The van der Waals surface area contributed by atoms with Gasteiger partial charge in [0.15, 0.2) is 0 Å². The van der Waals surface area contributed by atoms with Crippen molar-refractivity contribution in [2.75, 3.05) is 0 Å². The van der Waals surface area contributed by atoms with Gasteiger partial charge in [-0.05, 0) is 36.3 Å². The zero-order valence-electron chi connectivity index (χ0n) is 10.5. The molecule has 2 aromatic rings. The molecule has 0 fully saturated rings. The molecule has 0 radical (unpaired) electrons. The van der Waals surface area contributed by atoms with Crippen molar-refractivity contribution < 1.29 is 12.6 Å². The second-order valence-corrected chi connectivity index (χ2v) is 5.59. The first kappa shape index (κ1) is 13.4. The van der Waals surface area contributed by atoms with Crippen molar-refractivity contribution in [3.63, 3.8) is 0 Å². The molecular formula is C15H14O3S. The van der Waals surface area contributed by atoms with Crippen LogP contribution in [0, 0.1) is 6.92 Å². The van der Waals surface area contributed by atoms with Crippen molar-refractivity contribution in [3.05, 3.63) is 72.0 Å². The van der Waals surface area contributed by atoms with Crippen LogP contribution in [0.2, 0.25) is 0 Å². The number of benzene rings is 2. The van der Waals surface area contributed by atoms with Crippen molar-refractivity contribution in [3.8, 4) is 0 Å². The normalized spacial score (nSPS) is 11.6. The summed E-state index contributed by atoms with van der Waals surface area (Å²) in [7, 11) is -3.73. The van der Waals surface area contributed by atoms with Gasteiger partial charge in [-0.25, -0.2) is 0 Å². The second-order valence-electron chi connectivity index (χ2n) is 4.02. The summed E-state index contributed by atoms with van der Waals surface area (Å²) in [6, 6.07) is 15.7. The van der Waals surface area contributed by atoms with E-state index in [4.69, 9.17) is 4.18 Å². The maximum absolute atomic E-state index is 11.8. The Balaban J connectivity index is 2.13. The molecule has 2 rings (SSSR count). The SMILES string of the molecule is Cc1ccccc1C=COS(=O)(=O)c1ccccc1. The van der Waals surface area contributed by atoms with E-state index < -0.39 is 10.1 Å². The molecule has 0 aliphatic heterocycles. The summed E-state index contributed by atoms with van der Waals surface area (Å²) in [5.74, 6) is 0. The zero-order valence-corrected chi connectivity index (χ0v) is 11.3. The number of aryl methyl sites for hydroxylation is 1. The Morgan fingerprint density at radius 3 is 2.26 bits per heavy atom. The first-order valence-corrected chi connectivity index (χ1v) is 7.21. The number of hydrogen-bond acceptors (Lipinski definition) is 3. The molecule has 0 aromatic heterocycles. The highest BCUT2D eigenvalue weighted by Crippen LogP contribution is 2.13. The predicted molar refractivity (Wildman–Crippen MR) is 74.9 cm³/mol. The third-order valence-electron chi connectivity index (χ3n) is 2.65. The van der Waals surface area contributed by atoms with Crippen molar-refractivity contribution >= 4 is 16.2 Å². The first-order chi connectivity index (χ1) is 9.09. The lowest BCUT2D eigenvalue weighted by molar-refractivity contribution is 0.446. The fraction of sp³-hybridized carbons (Fsp3) is 0.0667. The third kappa shape index (κ3) is 3.45. The molecule has 0 aliphatic rings. The Bertz CT molecular complexity index is 674. The highest BCUT2D eigenvalue weighted by Gasteiger charge is 2.12. The highest BCUT2D eigenvalue weighted by atomic mass is 32.2. The number of rotatable bonds is 4. The minimum atomic E-state index is -3.73. The maximum Gasteiger partial charge on any atom is 0.338 e. The Labute approximate surface area is 113 Å². The maximum atomic E-state index is 11.8. The zero-order chi connectivity index (χ0) is 13.7. The van der Waals surface area contributed by atoms with E-state index >= 15 is 0 Å². The van der Waals surface area contributed by atoms with Crippen LogP contribution in [0.1, 0.15) is 11.1 Å². The van der Waals surface area contributed by atoms with E-state index in [1.807, 2.05) is 31.2 Å². The second kappa shape index (κ2) is 5.71. The van der Waals surface area contributed by atoms with Crippen LogP contribution in [0.15, 0.2) is 65.8 Å². The van der Waals surface area contributed by atoms with Crippen molar-refractivity contribution in [2.45, 2.75) is 11.8 Å². The standard InChI is InChI=1S/C15H14O3S/c1-13-7-5-6-8-14(13)11-12-18-19(16,17)15-9-3-2-4-10-15/h2-12H,1H3. The highest BCUT2D eigenvalue weighted by molar-refractivity contribution is 7.86. The van der Waals surface area contributed by atoms with E-state index in [1.54, 1.807) is 24.3 Å². The first-order valence-electron chi connectivity index (χ1n) is 5.80. The summed E-state index contributed by atoms with van der Waals surface area (Å²) in [6.45, 7) is 1.95. The van der Waals surface area contributed by atoms with Gasteiger partial charge in [-0.3, -0.25) is 0 Å². The fourth-order valence-corrected chi connectivity index (χ4v) is 2.39. The predicted octanol–water partition coefficient (Wildman–Crippen LogP) is 3.37. The average molecular weight is 274 g/mol. The summed E-state index contributed by atoms with van der Waals surface area (Å²) >= 11 is 0. The molecule has 0 atom stereocenters. The van der Waals surface area contributed by atoms with Crippen LogP contribution in [0.5, 0.6) is 0 Å². The van der Waals surface area contributed by atoms with Crippen LogP contribution in [-0.2, 0) is 14.3 Å². The molecule has 19 heavy (non-hydrogen) atoms. The van der Waals surface area contributed by atoms with Crippen LogP contribution >= 0.6 is 0 Å². The molecule has 98 valence electrons. The Morgan fingerprint density at radius 2 is 1.58 bits per heavy atom. The van der Waals surface area contributed by atoms with Gasteiger partial charge in [-0.15, -0.1) is 0 Å². The largest absolute Gasteiger partial charge is 0.387 e. The van der Waals surface area contributed by atoms with Gasteiger partial charge in [0.25, 0.3) is 0 Å². The van der Waals surface area contributed by atoms with Crippen LogP contribution in [0.4, 0.5) is 0 Å². The fourth-order valence-electron chi connectivity index (χ4n) is 1.59. The lowest BCUT2D eigenvalue weighted by Gasteiger charge is -2.03. The molecule has 3 nitrogen and oxygen atoms in total. The molecule has 0 bridgehead atoms. The third-order valence-corrected chi connectivity index (χ3v) is 3.86. The molecule has 2 aromatic carbocycles.